The fourth-order valence-corrected chi connectivity index (χ4v) is 4.81. The Kier molecular flexibility index (Phi) is 7.60. The molecular weight excluding hydrogens is 468 g/mol. The van der Waals surface area contributed by atoms with Crippen LogP contribution in [0.15, 0.2) is 36.5 Å². The summed E-state index contributed by atoms with van der Waals surface area (Å²) in [7, 11) is 0. The number of ether oxygens (including phenoxy) is 2. The van der Waals surface area contributed by atoms with Gasteiger partial charge in [-0.15, -0.1) is 0 Å². The number of nitrogens with one attached hydrogen (secondary N) is 1. The molecular formula is C28H36N6O3. The van der Waals surface area contributed by atoms with Gasteiger partial charge in [0, 0.05) is 17.6 Å². The van der Waals surface area contributed by atoms with Crippen LogP contribution in [0, 0.1) is 18.3 Å². The number of hydrogen-bond acceptors (Lipinski definition) is 7. The summed E-state index contributed by atoms with van der Waals surface area (Å²) in [5, 5.41) is 18.2. The molecule has 0 bridgehead atoms. The fourth-order valence-electron chi connectivity index (χ4n) is 4.81. The molecule has 3 N–H and O–H groups in total. The number of carbonyl (C=O) groups is 1. The van der Waals surface area contributed by atoms with Crippen LogP contribution in [0.25, 0.3) is 5.52 Å². The van der Waals surface area contributed by atoms with E-state index in [1.54, 1.807) is 16.8 Å². The molecule has 196 valence electrons. The highest BCUT2D eigenvalue weighted by molar-refractivity contribution is 5.98. The van der Waals surface area contributed by atoms with Gasteiger partial charge >= 0.3 is 6.09 Å². The normalized spacial score (nSPS) is 17.8. The summed E-state index contributed by atoms with van der Waals surface area (Å²) in [6, 6.07) is 11.4. The van der Waals surface area contributed by atoms with Crippen LogP contribution in [0.2, 0.25) is 0 Å². The largest absolute Gasteiger partial charge is 0.494 e. The predicted octanol–water partition coefficient (Wildman–Crippen LogP) is 5.67. The number of amides is 1. The minimum atomic E-state index is -0.722. The number of anilines is 3. The second kappa shape index (κ2) is 10.7. The third-order valence-electron chi connectivity index (χ3n) is 6.51. The third-order valence-corrected chi connectivity index (χ3v) is 6.51. The molecule has 0 saturated heterocycles. The summed E-state index contributed by atoms with van der Waals surface area (Å²) in [6.45, 7) is 9.83. The van der Waals surface area contributed by atoms with E-state index in [0.29, 0.717) is 46.2 Å². The predicted molar refractivity (Wildman–Crippen MR) is 144 cm³/mol. The number of rotatable bonds is 6. The number of aromatic nitrogens is 2. The maximum Gasteiger partial charge on any atom is 0.420 e. The van der Waals surface area contributed by atoms with Gasteiger partial charge in [-0.3, -0.25) is 0 Å². The zero-order valence-electron chi connectivity index (χ0n) is 22.2. The van der Waals surface area contributed by atoms with Crippen molar-refractivity contribution >= 4 is 28.8 Å². The molecule has 0 spiro atoms. The van der Waals surface area contributed by atoms with Gasteiger partial charge in [0.2, 0.25) is 0 Å². The van der Waals surface area contributed by atoms with Crippen LogP contribution in [0.4, 0.5) is 22.0 Å². The van der Waals surface area contributed by atoms with Gasteiger partial charge in [0.25, 0.3) is 0 Å². The molecule has 2 heterocycles. The Bertz CT molecular complexity index is 1300. The van der Waals surface area contributed by atoms with Crippen molar-refractivity contribution in [3.8, 4) is 11.8 Å². The standard InChI is InChI=1S/C28H36N6O3/c1-6-36-20-13-11-19(12-14-20)33(27(35)37-28(3,4)5)26-18(2)25(32-23-10-8-7-9-22(23)30)21(17-29)24-15-16-31-34(24)26/h11-16,22-23,32H,6-10,30H2,1-5H3/t22-,23-/m1/s1. The number of hydrogen-bond donors (Lipinski definition) is 2. The van der Waals surface area contributed by atoms with E-state index in [9.17, 15) is 10.1 Å². The van der Waals surface area contributed by atoms with Gasteiger partial charge in [0.1, 0.15) is 28.8 Å². The van der Waals surface area contributed by atoms with Crippen molar-refractivity contribution in [3.05, 3.63) is 47.7 Å². The van der Waals surface area contributed by atoms with Crippen molar-refractivity contribution in [2.45, 2.75) is 78.0 Å². The lowest BCUT2D eigenvalue weighted by Gasteiger charge is -2.33. The quantitative estimate of drug-likeness (QED) is 0.444. The zero-order chi connectivity index (χ0) is 26.7. The van der Waals surface area contributed by atoms with Crippen molar-refractivity contribution in [1.82, 2.24) is 9.61 Å². The molecule has 1 aliphatic rings. The lowest BCUT2D eigenvalue weighted by molar-refractivity contribution is 0.0597. The van der Waals surface area contributed by atoms with Crippen LogP contribution < -0.4 is 20.7 Å². The van der Waals surface area contributed by atoms with Crippen molar-refractivity contribution in [1.29, 1.82) is 5.26 Å². The molecule has 0 aliphatic heterocycles. The van der Waals surface area contributed by atoms with Crippen LogP contribution >= 0.6 is 0 Å². The van der Waals surface area contributed by atoms with Crippen molar-refractivity contribution < 1.29 is 14.3 Å². The Labute approximate surface area is 218 Å². The van der Waals surface area contributed by atoms with Crippen molar-refractivity contribution in [3.63, 3.8) is 0 Å². The Morgan fingerprint density at radius 1 is 1.24 bits per heavy atom. The van der Waals surface area contributed by atoms with E-state index in [4.69, 9.17) is 15.2 Å². The van der Waals surface area contributed by atoms with E-state index < -0.39 is 11.7 Å². The Morgan fingerprint density at radius 2 is 1.95 bits per heavy atom. The molecule has 0 radical (unpaired) electrons. The Balaban J connectivity index is 1.92. The van der Waals surface area contributed by atoms with Crippen LogP contribution in [-0.4, -0.2) is 40.0 Å². The molecule has 0 unspecified atom stereocenters. The Morgan fingerprint density at radius 3 is 2.57 bits per heavy atom. The van der Waals surface area contributed by atoms with Gasteiger partial charge in [-0.25, -0.2) is 14.2 Å². The number of nitrogens with two attached hydrogens (primary N) is 1. The third kappa shape index (κ3) is 5.49. The van der Waals surface area contributed by atoms with Crippen LogP contribution in [0.3, 0.4) is 0 Å². The fraction of sp³-hybridized carbons (Fsp3) is 0.464. The molecule has 1 fully saturated rings. The number of fused-ring (bicyclic) bond motifs is 1. The van der Waals surface area contributed by atoms with E-state index in [2.05, 4.69) is 16.5 Å². The summed E-state index contributed by atoms with van der Waals surface area (Å²) >= 11 is 0. The molecule has 9 heteroatoms. The van der Waals surface area contributed by atoms with Gasteiger partial charge in [-0.2, -0.15) is 10.4 Å². The SMILES string of the molecule is CCOc1ccc(N(C(=O)OC(C)(C)C)c2c(C)c(N[C@@H]3CCCC[C@H]3N)c(C#N)c3ccnn23)cc1. The van der Waals surface area contributed by atoms with E-state index in [0.717, 1.165) is 25.7 Å². The highest BCUT2D eigenvalue weighted by Gasteiger charge is 2.32. The van der Waals surface area contributed by atoms with Crippen molar-refractivity contribution in [2.75, 3.05) is 16.8 Å². The first-order chi connectivity index (χ1) is 17.6. The van der Waals surface area contributed by atoms with Gasteiger partial charge in [0.15, 0.2) is 0 Å². The molecule has 9 nitrogen and oxygen atoms in total. The average Bonchev–Trinajstić information content (AvgIpc) is 3.32. The minimum Gasteiger partial charge on any atom is -0.494 e. The number of carbonyl (C=O) groups excluding carboxylic acids is 1. The molecule has 4 rings (SSSR count). The first-order valence-corrected chi connectivity index (χ1v) is 12.8. The lowest BCUT2D eigenvalue weighted by Crippen LogP contribution is -2.43. The Hall–Kier alpha value is -3.77. The van der Waals surface area contributed by atoms with E-state index in [1.165, 1.54) is 4.90 Å². The number of nitrogens with zero attached hydrogens (tertiary/aromatic N) is 4. The van der Waals surface area contributed by atoms with E-state index in [-0.39, 0.29) is 12.1 Å². The molecule has 1 amide bonds. The summed E-state index contributed by atoms with van der Waals surface area (Å²) in [4.78, 5) is 15.2. The number of pyridine rings is 1. The van der Waals surface area contributed by atoms with Crippen LogP contribution in [-0.2, 0) is 4.74 Å². The maximum absolute atomic E-state index is 13.7. The highest BCUT2D eigenvalue weighted by Crippen LogP contribution is 2.39. The molecule has 1 saturated carbocycles. The highest BCUT2D eigenvalue weighted by atomic mass is 16.6. The summed E-state index contributed by atoms with van der Waals surface area (Å²) < 4.78 is 13.1. The molecule has 2 atom stereocenters. The van der Waals surface area contributed by atoms with Crippen LogP contribution in [0.1, 0.15) is 64.5 Å². The molecule has 1 aromatic carbocycles. The maximum atomic E-state index is 13.7. The van der Waals surface area contributed by atoms with Gasteiger partial charge in [-0.1, -0.05) is 12.8 Å². The number of benzene rings is 1. The zero-order valence-corrected chi connectivity index (χ0v) is 22.2. The smallest absolute Gasteiger partial charge is 0.420 e. The summed E-state index contributed by atoms with van der Waals surface area (Å²) in [5.74, 6) is 1.19. The van der Waals surface area contributed by atoms with Gasteiger partial charge in [0.05, 0.1) is 29.7 Å². The van der Waals surface area contributed by atoms with Gasteiger partial charge in [-0.05, 0) is 77.8 Å². The summed E-state index contributed by atoms with van der Waals surface area (Å²) in [5.41, 5.74) is 8.73. The first-order valence-electron chi connectivity index (χ1n) is 12.8. The molecule has 37 heavy (non-hydrogen) atoms. The van der Waals surface area contributed by atoms with E-state index in [1.807, 2.05) is 58.9 Å². The monoisotopic (exact) mass is 504 g/mol. The first kappa shape index (κ1) is 26.3. The lowest BCUT2D eigenvalue weighted by atomic mass is 9.90. The molecule has 3 aromatic rings. The summed E-state index contributed by atoms with van der Waals surface area (Å²) in [6.07, 6.45) is 5.09. The minimum absolute atomic E-state index is 0.0163. The van der Waals surface area contributed by atoms with Crippen LogP contribution in [0.5, 0.6) is 5.75 Å². The van der Waals surface area contributed by atoms with Gasteiger partial charge < -0.3 is 20.5 Å². The second-order valence-corrected chi connectivity index (χ2v) is 10.4. The van der Waals surface area contributed by atoms with E-state index >= 15 is 0 Å². The number of nitriles is 1. The molecule has 2 aromatic heterocycles. The average molecular weight is 505 g/mol. The topological polar surface area (TPSA) is 118 Å². The molecule has 1 aliphatic carbocycles. The van der Waals surface area contributed by atoms with Crippen molar-refractivity contribution in [2.24, 2.45) is 5.73 Å². The second-order valence-electron chi connectivity index (χ2n) is 10.4.